The number of hydrogen-bond acceptors (Lipinski definition) is 4. The average molecular weight is 259 g/mol. The summed E-state index contributed by atoms with van der Waals surface area (Å²) in [7, 11) is 1.60. The molecule has 1 aromatic heterocycles. The fraction of sp³-hybridized carbons (Fsp3) is 0.267. The highest BCUT2D eigenvalue weighted by molar-refractivity contribution is 5.44. The summed E-state index contributed by atoms with van der Waals surface area (Å²) < 4.78 is 11.0. The smallest absolute Gasteiger partial charge is 0.219 e. The van der Waals surface area contributed by atoms with Gasteiger partial charge in [0.1, 0.15) is 0 Å². The van der Waals surface area contributed by atoms with Crippen molar-refractivity contribution in [3.05, 3.63) is 47.7 Å². The highest BCUT2D eigenvalue weighted by Crippen LogP contribution is 2.31. The predicted molar refractivity (Wildman–Crippen MR) is 72.7 cm³/mol. The van der Waals surface area contributed by atoms with Crippen LogP contribution in [0.15, 0.2) is 36.5 Å². The molecule has 2 aromatic rings. The third-order valence-electron chi connectivity index (χ3n) is 2.77. The van der Waals surface area contributed by atoms with Crippen molar-refractivity contribution >= 4 is 0 Å². The third-order valence-corrected chi connectivity index (χ3v) is 2.77. The molecule has 19 heavy (non-hydrogen) atoms. The summed E-state index contributed by atoms with van der Waals surface area (Å²) >= 11 is 0. The summed E-state index contributed by atoms with van der Waals surface area (Å²) in [4.78, 5) is 4.13. The maximum Gasteiger partial charge on any atom is 0.219 e. The zero-order valence-corrected chi connectivity index (χ0v) is 11.3. The van der Waals surface area contributed by atoms with Crippen molar-refractivity contribution < 1.29 is 14.6 Å². The van der Waals surface area contributed by atoms with Gasteiger partial charge in [-0.3, -0.25) is 0 Å². The van der Waals surface area contributed by atoms with Gasteiger partial charge in [-0.05, 0) is 43.2 Å². The number of methoxy groups -OCH3 is 1. The highest BCUT2D eigenvalue weighted by Gasteiger charge is 2.08. The van der Waals surface area contributed by atoms with E-state index in [1.54, 1.807) is 32.4 Å². The van der Waals surface area contributed by atoms with Crippen molar-refractivity contribution in [1.29, 1.82) is 0 Å². The topological polar surface area (TPSA) is 51.6 Å². The minimum absolute atomic E-state index is 0.431. The van der Waals surface area contributed by atoms with E-state index in [1.165, 1.54) is 0 Å². The molecule has 2 rings (SSSR count). The molecule has 1 N–H and O–H groups in total. The van der Waals surface area contributed by atoms with E-state index < -0.39 is 6.10 Å². The van der Waals surface area contributed by atoms with E-state index in [4.69, 9.17) is 9.47 Å². The van der Waals surface area contributed by atoms with Gasteiger partial charge < -0.3 is 14.6 Å². The highest BCUT2D eigenvalue weighted by atomic mass is 16.5. The van der Waals surface area contributed by atoms with E-state index in [0.717, 1.165) is 11.1 Å². The first-order valence-corrected chi connectivity index (χ1v) is 6.06. The molecule has 0 aliphatic heterocycles. The normalized spacial score (nSPS) is 12.0. The fourth-order valence-electron chi connectivity index (χ4n) is 1.71. The summed E-state index contributed by atoms with van der Waals surface area (Å²) in [5.41, 5.74) is 1.85. The molecule has 0 amide bonds. The second kappa shape index (κ2) is 5.71. The first-order valence-electron chi connectivity index (χ1n) is 6.06. The fourth-order valence-corrected chi connectivity index (χ4v) is 1.71. The van der Waals surface area contributed by atoms with E-state index in [-0.39, 0.29) is 0 Å². The number of hydrogen-bond donors (Lipinski definition) is 1. The Balaban J connectivity index is 2.28. The van der Waals surface area contributed by atoms with Crippen LogP contribution in [0.1, 0.15) is 24.2 Å². The Morgan fingerprint density at radius 1 is 1.16 bits per heavy atom. The molecule has 1 heterocycles. The molecular weight excluding hydrogens is 242 g/mol. The maximum absolute atomic E-state index is 9.54. The SMILES string of the molecule is COc1cc(C)ccc1Oc1cc([C@H](C)O)ccn1. The molecule has 0 bridgehead atoms. The van der Waals surface area contributed by atoms with Crippen LogP contribution in [0.25, 0.3) is 0 Å². The standard InChI is InChI=1S/C15H17NO3/c1-10-4-5-13(14(8-10)18-3)19-15-9-12(11(2)17)6-7-16-15/h4-9,11,17H,1-3H3/t11-/m0/s1. The van der Waals surface area contributed by atoms with Gasteiger partial charge in [0.15, 0.2) is 11.5 Å². The van der Waals surface area contributed by atoms with E-state index in [0.29, 0.717) is 17.4 Å². The Hall–Kier alpha value is -2.07. The van der Waals surface area contributed by atoms with E-state index >= 15 is 0 Å². The van der Waals surface area contributed by atoms with Crippen LogP contribution in [-0.2, 0) is 0 Å². The van der Waals surface area contributed by atoms with Gasteiger partial charge in [-0.1, -0.05) is 6.07 Å². The maximum atomic E-state index is 9.54. The molecule has 4 heteroatoms. The molecule has 0 saturated carbocycles. The first-order chi connectivity index (χ1) is 9.10. The third kappa shape index (κ3) is 3.23. The van der Waals surface area contributed by atoms with Crippen LogP contribution in [0.4, 0.5) is 0 Å². The second-order valence-corrected chi connectivity index (χ2v) is 4.36. The van der Waals surface area contributed by atoms with Gasteiger partial charge in [-0.2, -0.15) is 0 Å². The Bertz CT molecular complexity index is 567. The Labute approximate surface area is 112 Å². The summed E-state index contributed by atoms with van der Waals surface area (Å²) in [6.07, 6.45) is 1.06. The van der Waals surface area contributed by atoms with Gasteiger partial charge in [0, 0.05) is 12.3 Å². The number of aliphatic hydroxyl groups excluding tert-OH is 1. The van der Waals surface area contributed by atoms with Gasteiger partial charge in [0.25, 0.3) is 0 Å². The number of ether oxygens (including phenoxy) is 2. The quantitative estimate of drug-likeness (QED) is 0.915. The van der Waals surface area contributed by atoms with E-state index in [9.17, 15) is 5.11 Å². The summed E-state index contributed by atoms with van der Waals surface area (Å²) in [5.74, 6) is 1.69. The largest absolute Gasteiger partial charge is 0.493 e. The van der Waals surface area contributed by atoms with Crippen molar-refractivity contribution in [3.63, 3.8) is 0 Å². The van der Waals surface area contributed by atoms with Crippen LogP contribution in [-0.4, -0.2) is 17.2 Å². The zero-order chi connectivity index (χ0) is 13.8. The van der Waals surface area contributed by atoms with Gasteiger partial charge in [0.05, 0.1) is 13.2 Å². The van der Waals surface area contributed by atoms with Crippen LogP contribution >= 0.6 is 0 Å². The first kappa shape index (κ1) is 13.4. The van der Waals surface area contributed by atoms with Gasteiger partial charge in [-0.25, -0.2) is 4.98 Å². The van der Waals surface area contributed by atoms with E-state index in [1.807, 2.05) is 25.1 Å². The minimum atomic E-state index is -0.551. The molecule has 4 nitrogen and oxygen atoms in total. The van der Waals surface area contributed by atoms with Crippen LogP contribution in [0.5, 0.6) is 17.4 Å². The van der Waals surface area contributed by atoms with Crippen molar-refractivity contribution in [3.8, 4) is 17.4 Å². The molecule has 0 aliphatic rings. The molecule has 100 valence electrons. The predicted octanol–water partition coefficient (Wildman–Crippen LogP) is 3.24. The lowest BCUT2D eigenvalue weighted by atomic mass is 10.2. The Morgan fingerprint density at radius 2 is 1.95 bits per heavy atom. The molecule has 0 unspecified atom stereocenters. The lowest BCUT2D eigenvalue weighted by molar-refractivity contribution is 0.198. The lowest BCUT2D eigenvalue weighted by Gasteiger charge is -2.11. The lowest BCUT2D eigenvalue weighted by Crippen LogP contribution is -1.95. The van der Waals surface area contributed by atoms with Gasteiger partial charge in [0.2, 0.25) is 5.88 Å². The molecule has 0 spiro atoms. The number of rotatable bonds is 4. The second-order valence-electron chi connectivity index (χ2n) is 4.36. The van der Waals surface area contributed by atoms with Crippen molar-refractivity contribution in [2.75, 3.05) is 7.11 Å². The van der Waals surface area contributed by atoms with Gasteiger partial charge in [-0.15, -0.1) is 0 Å². The van der Waals surface area contributed by atoms with Crippen LogP contribution in [0.3, 0.4) is 0 Å². The number of aliphatic hydroxyl groups is 1. The molecule has 0 aliphatic carbocycles. The Kier molecular flexibility index (Phi) is 4.02. The molecule has 0 fully saturated rings. The van der Waals surface area contributed by atoms with Crippen molar-refractivity contribution in [2.45, 2.75) is 20.0 Å². The summed E-state index contributed by atoms with van der Waals surface area (Å²) in [5, 5.41) is 9.54. The van der Waals surface area contributed by atoms with Gasteiger partial charge >= 0.3 is 0 Å². The minimum Gasteiger partial charge on any atom is -0.493 e. The monoisotopic (exact) mass is 259 g/mol. The van der Waals surface area contributed by atoms with Crippen molar-refractivity contribution in [2.24, 2.45) is 0 Å². The number of aromatic nitrogens is 1. The van der Waals surface area contributed by atoms with Crippen LogP contribution < -0.4 is 9.47 Å². The Morgan fingerprint density at radius 3 is 2.63 bits per heavy atom. The van der Waals surface area contributed by atoms with Crippen molar-refractivity contribution in [1.82, 2.24) is 4.98 Å². The molecule has 1 atom stereocenters. The number of nitrogens with zero attached hydrogens (tertiary/aromatic N) is 1. The summed E-state index contributed by atoms with van der Waals surface area (Å²) in [6.45, 7) is 3.68. The molecule has 1 aromatic carbocycles. The van der Waals surface area contributed by atoms with Crippen LogP contribution in [0.2, 0.25) is 0 Å². The number of pyridine rings is 1. The average Bonchev–Trinajstić information content (AvgIpc) is 2.41. The number of aryl methyl sites for hydroxylation is 1. The summed E-state index contributed by atoms with van der Waals surface area (Å²) in [6, 6.07) is 9.14. The molecular formula is C15H17NO3. The zero-order valence-electron chi connectivity index (χ0n) is 11.3. The molecule has 0 radical (unpaired) electrons. The van der Waals surface area contributed by atoms with Crippen LogP contribution in [0, 0.1) is 6.92 Å². The van der Waals surface area contributed by atoms with E-state index in [2.05, 4.69) is 4.98 Å². The number of benzene rings is 1. The molecule has 0 saturated heterocycles.